The van der Waals surface area contributed by atoms with Crippen molar-refractivity contribution in [3.63, 3.8) is 0 Å². The molecule has 8 heteroatoms. The summed E-state index contributed by atoms with van der Waals surface area (Å²) in [6, 6.07) is 1.91. The van der Waals surface area contributed by atoms with Crippen LogP contribution in [0, 0.1) is 16.0 Å². The number of nitrogens with one attached hydrogen (secondary N) is 1. The number of primary amides is 1. The zero-order chi connectivity index (χ0) is 16.2. The second-order valence-corrected chi connectivity index (χ2v) is 4.75. The fraction of sp³-hybridized carbons (Fsp3) is 0.462. The van der Waals surface area contributed by atoms with Crippen LogP contribution in [-0.2, 0) is 4.79 Å². The van der Waals surface area contributed by atoms with Crippen LogP contribution in [0.3, 0.4) is 0 Å². The molecule has 3 N–H and O–H groups in total. The highest BCUT2D eigenvalue weighted by Crippen LogP contribution is 2.38. The number of nitro benzene ring substituents is 1. The molecular weight excluding hydrogens is 278 g/mol. The number of nitrogens with two attached hydrogens (primary N) is 1. The Morgan fingerprint density at radius 1 is 1.29 bits per heavy atom. The van der Waals surface area contributed by atoms with E-state index in [1.807, 2.05) is 0 Å². The Balaban J connectivity index is 3.32. The minimum atomic E-state index is -0.734. The zero-order valence-electron chi connectivity index (χ0n) is 12.4. The lowest BCUT2D eigenvalue weighted by molar-refractivity contribution is -0.384. The number of hydrogen-bond donors (Lipinski definition) is 2. The van der Waals surface area contributed by atoms with E-state index in [0.29, 0.717) is 5.75 Å². The van der Waals surface area contributed by atoms with Crippen molar-refractivity contribution in [3.05, 3.63) is 22.2 Å². The molecular formula is C13H19N3O5. The van der Waals surface area contributed by atoms with Crippen LogP contribution in [0.1, 0.15) is 13.8 Å². The van der Waals surface area contributed by atoms with Crippen LogP contribution < -0.4 is 20.5 Å². The van der Waals surface area contributed by atoms with E-state index in [1.165, 1.54) is 26.4 Å². The van der Waals surface area contributed by atoms with Gasteiger partial charge in [0.25, 0.3) is 5.69 Å². The van der Waals surface area contributed by atoms with Gasteiger partial charge in [0, 0.05) is 6.07 Å². The number of anilines is 1. The SMILES string of the molecule is COc1cc(NC(C(N)=O)C(C)C)c([N+](=O)[O-])cc1OC. The summed E-state index contributed by atoms with van der Waals surface area (Å²) in [5, 5.41) is 14.0. The van der Waals surface area contributed by atoms with Crippen LogP contribution in [0.5, 0.6) is 11.5 Å². The molecule has 0 saturated carbocycles. The van der Waals surface area contributed by atoms with E-state index in [2.05, 4.69) is 5.32 Å². The summed E-state index contributed by atoms with van der Waals surface area (Å²) in [5.74, 6) is -0.170. The third-order valence-corrected chi connectivity index (χ3v) is 2.98. The molecule has 1 unspecified atom stereocenters. The van der Waals surface area contributed by atoms with Gasteiger partial charge >= 0.3 is 0 Å². The maximum Gasteiger partial charge on any atom is 0.296 e. The van der Waals surface area contributed by atoms with E-state index < -0.39 is 16.9 Å². The number of carbonyl (C=O) groups excluding carboxylic acids is 1. The van der Waals surface area contributed by atoms with Crippen molar-refractivity contribution >= 4 is 17.3 Å². The molecule has 116 valence electrons. The number of methoxy groups -OCH3 is 2. The molecule has 0 aromatic heterocycles. The normalized spacial score (nSPS) is 11.9. The first-order chi connectivity index (χ1) is 9.81. The van der Waals surface area contributed by atoms with Gasteiger partial charge in [0.2, 0.25) is 5.91 Å². The minimum Gasteiger partial charge on any atom is -0.493 e. The largest absolute Gasteiger partial charge is 0.493 e. The summed E-state index contributed by atoms with van der Waals surface area (Å²) in [5.41, 5.74) is 5.24. The molecule has 1 rings (SSSR count). The first-order valence-electron chi connectivity index (χ1n) is 6.28. The van der Waals surface area contributed by atoms with Crippen molar-refractivity contribution in [3.8, 4) is 11.5 Å². The van der Waals surface area contributed by atoms with Gasteiger partial charge in [-0.15, -0.1) is 0 Å². The molecule has 0 fully saturated rings. The number of hydrogen-bond acceptors (Lipinski definition) is 6. The van der Waals surface area contributed by atoms with Crippen molar-refractivity contribution in [2.24, 2.45) is 11.7 Å². The summed E-state index contributed by atoms with van der Waals surface area (Å²) in [7, 11) is 2.80. The minimum absolute atomic E-state index is 0.129. The molecule has 21 heavy (non-hydrogen) atoms. The molecule has 8 nitrogen and oxygen atoms in total. The summed E-state index contributed by atoms with van der Waals surface area (Å²) in [6.45, 7) is 3.57. The monoisotopic (exact) mass is 297 g/mol. The Kier molecular flexibility index (Phi) is 5.34. The molecule has 0 aliphatic carbocycles. The highest BCUT2D eigenvalue weighted by atomic mass is 16.6. The third kappa shape index (κ3) is 3.74. The fourth-order valence-electron chi connectivity index (χ4n) is 1.87. The van der Waals surface area contributed by atoms with E-state index in [4.69, 9.17) is 15.2 Å². The number of rotatable bonds is 7. The zero-order valence-corrected chi connectivity index (χ0v) is 12.4. The second-order valence-electron chi connectivity index (χ2n) is 4.75. The lowest BCUT2D eigenvalue weighted by atomic mass is 10.0. The predicted molar refractivity (Wildman–Crippen MR) is 77.6 cm³/mol. The quantitative estimate of drug-likeness (QED) is 0.582. The highest BCUT2D eigenvalue weighted by molar-refractivity contribution is 5.84. The van der Waals surface area contributed by atoms with Gasteiger partial charge in [0.1, 0.15) is 11.7 Å². The van der Waals surface area contributed by atoms with E-state index in [1.54, 1.807) is 13.8 Å². The average molecular weight is 297 g/mol. The second kappa shape index (κ2) is 6.78. The van der Waals surface area contributed by atoms with Crippen LogP contribution in [0.4, 0.5) is 11.4 Å². The van der Waals surface area contributed by atoms with Crippen LogP contribution in [0.25, 0.3) is 0 Å². The summed E-state index contributed by atoms with van der Waals surface area (Å²) >= 11 is 0. The molecule has 0 radical (unpaired) electrons. The maximum atomic E-state index is 11.4. The molecule has 0 aliphatic rings. The Bertz CT molecular complexity index is 545. The lowest BCUT2D eigenvalue weighted by Gasteiger charge is -2.20. The molecule has 1 aromatic carbocycles. The van der Waals surface area contributed by atoms with Gasteiger partial charge in [-0.1, -0.05) is 13.8 Å². The smallest absolute Gasteiger partial charge is 0.296 e. The maximum absolute atomic E-state index is 11.4. The number of carbonyl (C=O) groups is 1. The molecule has 0 heterocycles. The van der Waals surface area contributed by atoms with Crippen molar-refractivity contribution in [2.45, 2.75) is 19.9 Å². The Morgan fingerprint density at radius 2 is 1.81 bits per heavy atom. The van der Waals surface area contributed by atoms with E-state index in [0.717, 1.165) is 0 Å². The fourth-order valence-corrected chi connectivity index (χ4v) is 1.87. The summed E-state index contributed by atoms with van der Waals surface area (Å²) in [6.07, 6.45) is 0. The standard InChI is InChI=1S/C13H19N3O5/c1-7(2)12(13(14)17)15-8-5-10(20-3)11(21-4)6-9(8)16(18)19/h5-7,12,15H,1-4H3,(H2,14,17). The van der Waals surface area contributed by atoms with Gasteiger partial charge in [-0.25, -0.2) is 0 Å². The number of benzene rings is 1. The first kappa shape index (κ1) is 16.5. The number of ether oxygens (including phenoxy) is 2. The first-order valence-corrected chi connectivity index (χ1v) is 6.28. The van der Waals surface area contributed by atoms with E-state index in [9.17, 15) is 14.9 Å². The van der Waals surface area contributed by atoms with Crippen molar-refractivity contribution in [1.82, 2.24) is 0 Å². The summed E-state index contributed by atoms with van der Waals surface area (Å²) in [4.78, 5) is 22.0. The Hall–Kier alpha value is -2.51. The van der Waals surface area contributed by atoms with Crippen molar-refractivity contribution < 1.29 is 19.2 Å². The molecule has 0 bridgehead atoms. The number of nitro groups is 1. The van der Waals surface area contributed by atoms with Gasteiger partial charge in [0.15, 0.2) is 11.5 Å². The van der Waals surface area contributed by atoms with Gasteiger partial charge in [-0.2, -0.15) is 0 Å². The molecule has 1 aromatic rings. The molecule has 0 saturated heterocycles. The van der Waals surface area contributed by atoms with Crippen LogP contribution in [0.15, 0.2) is 12.1 Å². The summed E-state index contributed by atoms with van der Waals surface area (Å²) < 4.78 is 10.1. The number of nitrogens with zero attached hydrogens (tertiary/aromatic N) is 1. The topological polar surface area (TPSA) is 117 Å². The van der Waals surface area contributed by atoms with E-state index in [-0.39, 0.29) is 23.0 Å². The van der Waals surface area contributed by atoms with Gasteiger partial charge in [0.05, 0.1) is 25.2 Å². The van der Waals surface area contributed by atoms with Crippen molar-refractivity contribution in [2.75, 3.05) is 19.5 Å². The Morgan fingerprint density at radius 3 is 2.19 bits per heavy atom. The van der Waals surface area contributed by atoms with Crippen LogP contribution in [0.2, 0.25) is 0 Å². The molecule has 1 amide bonds. The van der Waals surface area contributed by atoms with Crippen LogP contribution in [-0.4, -0.2) is 31.1 Å². The molecule has 0 aliphatic heterocycles. The third-order valence-electron chi connectivity index (χ3n) is 2.98. The van der Waals surface area contributed by atoms with Gasteiger partial charge < -0.3 is 20.5 Å². The molecule has 0 spiro atoms. The predicted octanol–water partition coefficient (Wildman–Crippen LogP) is 1.53. The molecule has 1 atom stereocenters. The van der Waals surface area contributed by atoms with Crippen molar-refractivity contribution in [1.29, 1.82) is 0 Å². The highest BCUT2D eigenvalue weighted by Gasteiger charge is 2.25. The van der Waals surface area contributed by atoms with Crippen LogP contribution >= 0.6 is 0 Å². The number of amides is 1. The van der Waals surface area contributed by atoms with E-state index >= 15 is 0 Å². The average Bonchev–Trinajstić information content (AvgIpc) is 2.42. The lowest BCUT2D eigenvalue weighted by Crippen LogP contribution is -2.39. The Labute approximate surface area is 122 Å². The van der Waals surface area contributed by atoms with Gasteiger partial charge in [-0.3, -0.25) is 14.9 Å². The van der Waals surface area contributed by atoms with Gasteiger partial charge in [-0.05, 0) is 5.92 Å².